The second kappa shape index (κ2) is 7.32. The van der Waals surface area contributed by atoms with Crippen LogP contribution >= 0.6 is 11.6 Å². The fourth-order valence-electron chi connectivity index (χ4n) is 2.08. The van der Waals surface area contributed by atoms with Gasteiger partial charge >= 0.3 is 0 Å². The van der Waals surface area contributed by atoms with Gasteiger partial charge in [-0.05, 0) is 37.6 Å². The van der Waals surface area contributed by atoms with Gasteiger partial charge in [-0.1, -0.05) is 41.9 Å². The first-order valence-corrected chi connectivity index (χ1v) is 7.28. The molecular weight excluding hydrogens is 270 g/mol. The second-order valence-electron chi connectivity index (χ2n) is 4.69. The van der Waals surface area contributed by atoms with E-state index in [1.807, 2.05) is 37.3 Å². The molecule has 0 bridgehead atoms. The Morgan fingerprint density at radius 1 is 1.10 bits per heavy atom. The summed E-state index contributed by atoms with van der Waals surface area (Å²) in [6.07, 6.45) is 0. The summed E-state index contributed by atoms with van der Waals surface area (Å²) in [6, 6.07) is 16.3. The van der Waals surface area contributed by atoms with Crippen molar-refractivity contribution in [2.24, 2.45) is 0 Å². The highest BCUT2D eigenvalue weighted by Gasteiger charge is 2.07. The molecule has 0 fully saturated rings. The Morgan fingerprint density at radius 3 is 2.50 bits per heavy atom. The molecule has 1 N–H and O–H groups in total. The van der Waals surface area contributed by atoms with Crippen molar-refractivity contribution in [3.8, 4) is 5.75 Å². The molecule has 0 radical (unpaired) electrons. The Hall–Kier alpha value is -1.51. The van der Waals surface area contributed by atoms with Crippen LogP contribution in [0.1, 0.15) is 31.0 Å². The van der Waals surface area contributed by atoms with Gasteiger partial charge in [0.1, 0.15) is 5.75 Å². The van der Waals surface area contributed by atoms with Crippen molar-refractivity contribution in [2.45, 2.75) is 26.4 Å². The fraction of sp³-hybridized carbons (Fsp3) is 0.294. The number of benzene rings is 2. The van der Waals surface area contributed by atoms with E-state index in [9.17, 15) is 0 Å². The molecule has 2 aromatic rings. The lowest BCUT2D eigenvalue weighted by Crippen LogP contribution is -2.18. The van der Waals surface area contributed by atoms with Gasteiger partial charge in [0.25, 0.3) is 0 Å². The van der Waals surface area contributed by atoms with Gasteiger partial charge in [-0.25, -0.2) is 0 Å². The number of hydrogen-bond acceptors (Lipinski definition) is 2. The van der Waals surface area contributed by atoms with Crippen LogP contribution in [0.4, 0.5) is 0 Å². The van der Waals surface area contributed by atoms with Crippen molar-refractivity contribution in [1.82, 2.24) is 5.32 Å². The van der Waals surface area contributed by atoms with Gasteiger partial charge in [-0.2, -0.15) is 0 Å². The van der Waals surface area contributed by atoms with Crippen LogP contribution in [0.5, 0.6) is 5.75 Å². The molecule has 2 nitrogen and oxygen atoms in total. The highest BCUT2D eigenvalue weighted by Crippen LogP contribution is 2.20. The van der Waals surface area contributed by atoms with Crippen molar-refractivity contribution >= 4 is 11.6 Å². The van der Waals surface area contributed by atoms with Crippen molar-refractivity contribution in [2.75, 3.05) is 6.61 Å². The predicted molar refractivity (Wildman–Crippen MR) is 84.3 cm³/mol. The average Bonchev–Trinajstić information content (AvgIpc) is 2.47. The maximum atomic E-state index is 5.91. The van der Waals surface area contributed by atoms with E-state index >= 15 is 0 Å². The van der Waals surface area contributed by atoms with Gasteiger partial charge < -0.3 is 10.1 Å². The molecule has 20 heavy (non-hydrogen) atoms. The standard InChI is InChI=1S/C17H20ClNO/c1-3-20-17-7-5-4-6-15(17)12-19-13(2)14-8-10-16(18)11-9-14/h4-11,13,19H,3,12H2,1-2H3/t13-/m1/s1. The number of nitrogens with one attached hydrogen (secondary N) is 1. The molecule has 0 spiro atoms. The quantitative estimate of drug-likeness (QED) is 0.840. The largest absolute Gasteiger partial charge is 0.494 e. The smallest absolute Gasteiger partial charge is 0.123 e. The minimum absolute atomic E-state index is 0.266. The first-order chi connectivity index (χ1) is 9.70. The van der Waals surface area contributed by atoms with Crippen LogP contribution in [0, 0.1) is 0 Å². The summed E-state index contributed by atoms with van der Waals surface area (Å²) in [7, 11) is 0. The van der Waals surface area contributed by atoms with Crippen LogP contribution in [0.25, 0.3) is 0 Å². The summed E-state index contributed by atoms with van der Waals surface area (Å²) in [5, 5.41) is 4.28. The van der Waals surface area contributed by atoms with E-state index in [2.05, 4.69) is 30.4 Å². The van der Waals surface area contributed by atoms with E-state index < -0.39 is 0 Å². The second-order valence-corrected chi connectivity index (χ2v) is 5.13. The van der Waals surface area contributed by atoms with E-state index in [0.29, 0.717) is 6.61 Å². The lowest BCUT2D eigenvalue weighted by molar-refractivity contribution is 0.335. The molecule has 106 valence electrons. The molecule has 0 unspecified atom stereocenters. The van der Waals surface area contributed by atoms with Crippen molar-refractivity contribution in [3.05, 3.63) is 64.7 Å². The number of ether oxygens (including phenoxy) is 1. The fourth-order valence-corrected chi connectivity index (χ4v) is 2.20. The Bertz CT molecular complexity index is 539. The Morgan fingerprint density at radius 2 is 1.80 bits per heavy atom. The number of para-hydroxylation sites is 1. The van der Waals surface area contributed by atoms with Crippen LogP contribution in [-0.2, 0) is 6.54 Å². The summed E-state index contributed by atoms with van der Waals surface area (Å²) < 4.78 is 5.63. The molecule has 2 aromatic carbocycles. The maximum Gasteiger partial charge on any atom is 0.123 e. The Kier molecular flexibility index (Phi) is 5.45. The normalized spacial score (nSPS) is 12.2. The summed E-state index contributed by atoms with van der Waals surface area (Å²) in [4.78, 5) is 0. The minimum atomic E-state index is 0.266. The van der Waals surface area contributed by atoms with Crippen molar-refractivity contribution in [1.29, 1.82) is 0 Å². The highest BCUT2D eigenvalue weighted by atomic mass is 35.5. The lowest BCUT2D eigenvalue weighted by atomic mass is 10.1. The average molecular weight is 290 g/mol. The summed E-state index contributed by atoms with van der Waals surface area (Å²) >= 11 is 5.91. The van der Waals surface area contributed by atoms with Crippen LogP contribution in [0.2, 0.25) is 5.02 Å². The monoisotopic (exact) mass is 289 g/mol. The molecular formula is C17H20ClNO. The van der Waals surface area contributed by atoms with Crippen LogP contribution in [0.3, 0.4) is 0 Å². The van der Waals surface area contributed by atoms with Crippen molar-refractivity contribution < 1.29 is 4.74 Å². The van der Waals surface area contributed by atoms with E-state index in [1.165, 1.54) is 11.1 Å². The molecule has 0 heterocycles. The zero-order chi connectivity index (χ0) is 14.4. The molecule has 3 heteroatoms. The third-order valence-electron chi connectivity index (χ3n) is 3.24. The lowest BCUT2D eigenvalue weighted by Gasteiger charge is -2.16. The molecule has 0 aliphatic heterocycles. The van der Waals surface area contributed by atoms with Gasteiger partial charge in [0, 0.05) is 23.2 Å². The summed E-state index contributed by atoms with van der Waals surface area (Å²) in [5.74, 6) is 0.950. The van der Waals surface area contributed by atoms with E-state index in [-0.39, 0.29) is 6.04 Å². The van der Waals surface area contributed by atoms with E-state index in [4.69, 9.17) is 16.3 Å². The van der Waals surface area contributed by atoms with Gasteiger partial charge in [0.2, 0.25) is 0 Å². The molecule has 2 rings (SSSR count). The van der Waals surface area contributed by atoms with Crippen molar-refractivity contribution in [3.63, 3.8) is 0 Å². The minimum Gasteiger partial charge on any atom is -0.494 e. The van der Waals surface area contributed by atoms with Crippen LogP contribution in [-0.4, -0.2) is 6.61 Å². The molecule has 0 aromatic heterocycles. The van der Waals surface area contributed by atoms with Gasteiger partial charge in [0.05, 0.1) is 6.61 Å². The summed E-state index contributed by atoms with van der Waals surface area (Å²) in [5.41, 5.74) is 2.40. The van der Waals surface area contributed by atoms with Crippen LogP contribution in [0.15, 0.2) is 48.5 Å². The predicted octanol–water partition coefficient (Wildman–Crippen LogP) is 4.59. The maximum absolute atomic E-state index is 5.91. The Labute approximate surface area is 125 Å². The first kappa shape index (κ1) is 14.9. The molecule has 0 aliphatic rings. The molecule has 1 atom stereocenters. The van der Waals surface area contributed by atoms with E-state index in [1.54, 1.807) is 0 Å². The third kappa shape index (κ3) is 3.99. The number of hydrogen-bond donors (Lipinski definition) is 1. The zero-order valence-electron chi connectivity index (χ0n) is 11.9. The molecule has 0 amide bonds. The first-order valence-electron chi connectivity index (χ1n) is 6.90. The molecule has 0 saturated carbocycles. The van der Waals surface area contributed by atoms with Gasteiger partial charge in [-0.15, -0.1) is 0 Å². The van der Waals surface area contributed by atoms with E-state index in [0.717, 1.165) is 17.3 Å². The van der Waals surface area contributed by atoms with Gasteiger partial charge in [-0.3, -0.25) is 0 Å². The SMILES string of the molecule is CCOc1ccccc1CN[C@H](C)c1ccc(Cl)cc1. The number of halogens is 1. The van der Waals surface area contributed by atoms with Gasteiger partial charge in [0.15, 0.2) is 0 Å². The number of rotatable bonds is 6. The molecule has 0 saturated heterocycles. The topological polar surface area (TPSA) is 21.3 Å². The zero-order valence-corrected chi connectivity index (χ0v) is 12.7. The Balaban J connectivity index is 1.99. The summed E-state index contributed by atoms with van der Waals surface area (Å²) in [6.45, 7) is 5.61. The molecule has 0 aliphatic carbocycles. The third-order valence-corrected chi connectivity index (χ3v) is 3.49. The van der Waals surface area contributed by atoms with Crippen LogP contribution < -0.4 is 10.1 Å². The highest BCUT2D eigenvalue weighted by molar-refractivity contribution is 6.30.